The Balaban J connectivity index is 1.78. The van der Waals surface area contributed by atoms with E-state index in [2.05, 4.69) is 41.1 Å². The molecular weight excluding hydrogens is 260 g/mol. The summed E-state index contributed by atoms with van der Waals surface area (Å²) < 4.78 is 5.60. The van der Waals surface area contributed by atoms with Crippen molar-refractivity contribution in [2.24, 2.45) is 0 Å². The van der Waals surface area contributed by atoms with E-state index in [1.165, 1.54) is 18.7 Å². The molecule has 0 N–H and O–H groups in total. The first-order valence-corrected chi connectivity index (χ1v) is 7.50. The molecule has 1 saturated heterocycles. The molecule has 1 aromatic rings. The molecule has 0 aromatic heterocycles. The third-order valence-corrected chi connectivity index (χ3v) is 3.74. The zero-order chi connectivity index (χ0) is 13.5. The van der Waals surface area contributed by atoms with Gasteiger partial charge in [0.1, 0.15) is 5.75 Å². The largest absolute Gasteiger partial charge is 0.494 e. The van der Waals surface area contributed by atoms with Crippen LogP contribution in [0.25, 0.3) is 0 Å². The van der Waals surface area contributed by atoms with Crippen molar-refractivity contribution in [3.8, 4) is 5.75 Å². The fourth-order valence-electron chi connectivity index (χ4n) is 2.20. The predicted molar refractivity (Wildman–Crippen MR) is 80.0 cm³/mol. The van der Waals surface area contributed by atoms with Crippen LogP contribution in [-0.2, 0) is 6.54 Å². The maximum atomic E-state index is 5.62. The number of hydrogen-bond acceptors (Lipinski definition) is 3. The number of ether oxygens (including phenoxy) is 1. The number of rotatable bonds is 6. The van der Waals surface area contributed by atoms with Gasteiger partial charge in [-0.2, -0.15) is 0 Å². The van der Waals surface area contributed by atoms with Crippen LogP contribution in [0.2, 0.25) is 0 Å². The van der Waals surface area contributed by atoms with Gasteiger partial charge in [0, 0.05) is 38.6 Å². The molecule has 0 spiro atoms. The van der Waals surface area contributed by atoms with E-state index >= 15 is 0 Å². The van der Waals surface area contributed by atoms with Gasteiger partial charge in [0.05, 0.1) is 6.61 Å². The summed E-state index contributed by atoms with van der Waals surface area (Å²) in [5, 5.41) is 0. The molecule has 0 radical (unpaired) electrons. The van der Waals surface area contributed by atoms with Crippen molar-refractivity contribution in [2.75, 3.05) is 45.7 Å². The lowest BCUT2D eigenvalue weighted by atomic mass is 10.2. The Morgan fingerprint density at radius 1 is 1.11 bits per heavy atom. The van der Waals surface area contributed by atoms with E-state index in [0.717, 1.165) is 31.8 Å². The van der Waals surface area contributed by atoms with Crippen LogP contribution in [0.15, 0.2) is 24.3 Å². The summed E-state index contributed by atoms with van der Waals surface area (Å²) in [5.41, 5.74) is 1.36. The van der Waals surface area contributed by atoms with Crippen LogP contribution in [0.5, 0.6) is 5.75 Å². The molecule has 1 aromatic carbocycles. The predicted octanol–water partition coefficient (Wildman–Crippen LogP) is 2.44. The number of nitrogens with zero attached hydrogens (tertiary/aromatic N) is 2. The molecule has 0 amide bonds. The summed E-state index contributed by atoms with van der Waals surface area (Å²) in [4.78, 5) is 4.88. The number of alkyl halides is 1. The van der Waals surface area contributed by atoms with Gasteiger partial charge in [-0.15, -0.1) is 11.6 Å². The van der Waals surface area contributed by atoms with Crippen LogP contribution >= 0.6 is 11.6 Å². The number of halogens is 1. The number of hydrogen-bond donors (Lipinski definition) is 0. The fourth-order valence-corrected chi connectivity index (χ4v) is 2.31. The lowest BCUT2D eigenvalue weighted by molar-refractivity contribution is 0.148. The standard InChI is InChI=1S/C15H23ClN2O/c1-17-8-10-18(11-9-17)13-14-3-5-15(6-4-14)19-12-2-7-16/h3-6H,2,7-13H2,1H3. The molecule has 4 heteroatoms. The van der Waals surface area contributed by atoms with Crippen molar-refractivity contribution in [3.05, 3.63) is 29.8 Å². The van der Waals surface area contributed by atoms with Crippen molar-refractivity contribution in [3.63, 3.8) is 0 Å². The van der Waals surface area contributed by atoms with Crippen molar-refractivity contribution in [1.29, 1.82) is 0 Å². The normalized spacial score (nSPS) is 17.6. The van der Waals surface area contributed by atoms with Gasteiger partial charge in [0.15, 0.2) is 0 Å². The summed E-state index contributed by atoms with van der Waals surface area (Å²) in [5.74, 6) is 1.59. The van der Waals surface area contributed by atoms with Gasteiger partial charge in [-0.1, -0.05) is 12.1 Å². The second-order valence-corrected chi connectivity index (χ2v) is 5.49. The average molecular weight is 283 g/mol. The quantitative estimate of drug-likeness (QED) is 0.589. The van der Waals surface area contributed by atoms with Crippen molar-refractivity contribution in [2.45, 2.75) is 13.0 Å². The first kappa shape index (κ1) is 14.6. The summed E-state index contributed by atoms with van der Waals surface area (Å²) in [6.45, 7) is 6.38. The molecule has 0 bridgehead atoms. The van der Waals surface area contributed by atoms with E-state index in [9.17, 15) is 0 Å². The van der Waals surface area contributed by atoms with Crippen LogP contribution in [0.1, 0.15) is 12.0 Å². The zero-order valence-corrected chi connectivity index (χ0v) is 12.4. The Bertz CT molecular complexity index is 361. The first-order chi connectivity index (χ1) is 9.28. The minimum absolute atomic E-state index is 0.654. The SMILES string of the molecule is CN1CCN(Cc2ccc(OCCCCl)cc2)CC1. The minimum atomic E-state index is 0.654. The van der Waals surface area contributed by atoms with E-state index < -0.39 is 0 Å². The number of benzene rings is 1. The summed E-state index contributed by atoms with van der Waals surface area (Å²) in [7, 11) is 2.18. The lowest BCUT2D eigenvalue weighted by Gasteiger charge is -2.32. The van der Waals surface area contributed by atoms with Gasteiger partial charge in [-0.3, -0.25) is 4.90 Å². The third-order valence-electron chi connectivity index (χ3n) is 3.47. The maximum absolute atomic E-state index is 5.62. The maximum Gasteiger partial charge on any atom is 0.119 e. The molecule has 19 heavy (non-hydrogen) atoms. The first-order valence-electron chi connectivity index (χ1n) is 6.96. The average Bonchev–Trinajstić information content (AvgIpc) is 2.44. The Morgan fingerprint density at radius 2 is 1.79 bits per heavy atom. The van der Waals surface area contributed by atoms with E-state index in [1.54, 1.807) is 0 Å². The van der Waals surface area contributed by atoms with Crippen molar-refractivity contribution < 1.29 is 4.74 Å². The van der Waals surface area contributed by atoms with Gasteiger partial charge >= 0.3 is 0 Å². The highest BCUT2D eigenvalue weighted by Crippen LogP contribution is 2.14. The van der Waals surface area contributed by atoms with E-state index in [1.807, 2.05) is 0 Å². The minimum Gasteiger partial charge on any atom is -0.494 e. The van der Waals surface area contributed by atoms with Crippen molar-refractivity contribution >= 4 is 11.6 Å². The second-order valence-electron chi connectivity index (χ2n) is 5.11. The van der Waals surface area contributed by atoms with Crippen LogP contribution < -0.4 is 4.74 Å². The second kappa shape index (κ2) is 7.73. The molecule has 0 unspecified atom stereocenters. The van der Waals surface area contributed by atoms with E-state index in [0.29, 0.717) is 12.5 Å². The molecule has 1 aliphatic rings. The Kier molecular flexibility index (Phi) is 5.95. The molecule has 1 heterocycles. The Hall–Kier alpha value is -0.770. The van der Waals surface area contributed by atoms with Crippen LogP contribution in [-0.4, -0.2) is 55.5 Å². The zero-order valence-electron chi connectivity index (χ0n) is 11.6. The smallest absolute Gasteiger partial charge is 0.119 e. The summed E-state index contributed by atoms with van der Waals surface area (Å²) in [6, 6.07) is 8.43. The highest BCUT2D eigenvalue weighted by Gasteiger charge is 2.13. The van der Waals surface area contributed by atoms with Gasteiger partial charge in [-0.25, -0.2) is 0 Å². The van der Waals surface area contributed by atoms with Crippen LogP contribution in [0.4, 0.5) is 0 Å². The highest BCUT2D eigenvalue weighted by atomic mass is 35.5. The molecule has 2 rings (SSSR count). The lowest BCUT2D eigenvalue weighted by Crippen LogP contribution is -2.43. The summed E-state index contributed by atoms with van der Waals surface area (Å²) in [6.07, 6.45) is 0.893. The number of piperazine rings is 1. The van der Waals surface area contributed by atoms with E-state index in [4.69, 9.17) is 16.3 Å². The molecular formula is C15H23ClN2O. The summed E-state index contributed by atoms with van der Waals surface area (Å²) >= 11 is 5.62. The molecule has 1 fully saturated rings. The Morgan fingerprint density at radius 3 is 2.42 bits per heavy atom. The van der Waals surface area contributed by atoms with E-state index in [-0.39, 0.29) is 0 Å². The monoisotopic (exact) mass is 282 g/mol. The third kappa shape index (κ3) is 5.01. The molecule has 0 atom stereocenters. The molecule has 106 valence electrons. The van der Waals surface area contributed by atoms with Crippen LogP contribution in [0.3, 0.4) is 0 Å². The molecule has 0 saturated carbocycles. The molecule has 3 nitrogen and oxygen atoms in total. The van der Waals surface area contributed by atoms with Crippen LogP contribution in [0, 0.1) is 0 Å². The van der Waals surface area contributed by atoms with Gasteiger partial charge in [-0.05, 0) is 31.2 Å². The fraction of sp³-hybridized carbons (Fsp3) is 0.600. The topological polar surface area (TPSA) is 15.7 Å². The van der Waals surface area contributed by atoms with Crippen molar-refractivity contribution in [1.82, 2.24) is 9.80 Å². The van der Waals surface area contributed by atoms with Gasteiger partial charge < -0.3 is 9.64 Å². The van der Waals surface area contributed by atoms with Gasteiger partial charge in [0.2, 0.25) is 0 Å². The molecule has 0 aliphatic carbocycles. The number of likely N-dealkylation sites (N-methyl/N-ethyl adjacent to an activating group) is 1. The highest BCUT2D eigenvalue weighted by molar-refractivity contribution is 6.17. The van der Waals surface area contributed by atoms with Gasteiger partial charge in [0.25, 0.3) is 0 Å². The Labute approximate surface area is 121 Å². The molecule has 1 aliphatic heterocycles.